The van der Waals surface area contributed by atoms with Gasteiger partial charge in [-0.25, -0.2) is 4.79 Å². The first kappa shape index (κ1) is 26.7. The zero-order chi connectivity index (χ0) is 26.7. The molecule has 11 heteroatoms. The summed E-state index contributed by atoms with van der Waals surface area (Å²) >= 11 is 0. The molecule has 1 saturated carbocycles. The molecule has 0 aromatic heterocycles. The molecule has 37 heavy (non-hydrogen) atoms. The van der Waals surface area contributed by atoms with Crippen LogP contribution in [0.1, 0.15) is 41.6 Å². The van der Waals surface area contributed by atoms with Gasteiger partial charge in [-0.05, 0) is 62.6 Å². The first-order valence-electron chi connectivity index (χ1n) is 12.0. The molecular formula is C26H29F3N2O6. The molecule has 2 fully saturated rings. The quantitative estimate of drug-likeness (QED) is 0.488. The number of amides is 1. The van der Waals surface area contributed by atoms with Gasteiger partial charge in [0.15, 0.2) is 11.5 Å². The van der Waals surface area contributed by atoms with Crippen LogP contribution in [0.15, 0.2) is 48.5 Å². The Kier molecular flexibility index (Phi) is 7.65. The molecule has 200 valence electrons. The molecule has 4 rings (SSSR count). The van der Waals surface area contributed by atoms with Crippen LogP contribution in [-0.4, -0.2) is 67.2 Å². The van der Waals surface area contributed by atoms with E-state index in [0.29, 0.717) is 26.1 Å². The number of carboxylic acids is 1. The summed E-state index contributed by atoms with van der Waals surface area (Å²) in [5, 5.41) is 12.4. The number of halogens is 3. The highest BCUT2D eigenvalue weighted by molar-refractivity contribution is 5.88. The molecule has 1 heterocycles. The molecule has 2 N–H and O–H groups in total. The van der Waals surface area contributed by atoms with Crippen molar-refractivity contribution >= 4 is 11.9 Å². The molecule has 1 saturated heterocycles. The maximum Gasteiger partial charge on any atom is 0.573 e. The minimum Gasteiger partial charge on any atom is -0.488 e. The highest BCUT2D eigenvalue weighted by atomic mass is 19.4. The number of hydrogen-bond acceptors (Lipinski definition) is 6. The van der Waals surface area contributed by atoms with Crippen LogP contribution in [0.4, 0.5) is 13.2 Å². The van der Waals surface area contributed by atoms with Crippen LogP contribution in [0.3, 0.4) is 0 Å². The molecule has 1 aliphatic heterocycles. The summed E-state index contributed by atoms with van der Waals surface area (Å²) in [4.78, 5) is 26.8. The van der Waals surface area contributed by atoms with Crippen LogP contribution in [0, 0.1) is 0 Å². The third-order valence-corrected chi connectivity index (χ3v) is 7.02. The van der Waals surface area contributed by atoms with E-state index in [1.54, 1.807) is 25.2 Å². The Morgan fingerprint density at radius 2 is 1.65 bits per heavy atom. The number of para-hydroxylation sites is 2. The van der Waals surface area contributed by atoms with E-state index in [0.717, 1.165) is 18.4 Å². The number of carbonyl (C=O) groups excluding carboxylic acids is 1. The summed E-state index contributed by atoms with van der Waals surface area (Å²) in [5.41, 5.74) is -0.417. The van der Waals surface area contributed by atoms with Gasteiger partial charge in [0.1, 0.15) is 12.1 Å². The van der Waals surface area contributed by atoms with Crippen LogP contribution >= 0.6 is 0 Å². The minimum atomic E-state index is -4.84. The summed E-state index contributed by atoms with van der Waals surface area (Å²) in [6, 6.07) is 12.0. The van der Waals surface area contributed by atoms with Crippen LogP contribution in [0.2, 0.25) is 0 Å². The van der Waals surface area contributed by atoms with Crippen LogP contribution in [0.5, 0.6) is 11.5 Å². The number of aromatic carboxylic acids is 1. The largest absolute Gasteiger partial charge is 0.573 e. The second-order valence-corrected chi connectivity index (χ2v) is 9.33. The van der Waals surface area contributed by atoms with Crippen LogP contribution in [0.25, 0.3) is 0 Å². The fourth-order valence-electron chi connectivity index (χ4n) is 4.65. The Hall–Kier alpha value is -3.31. The van der Waals surface area contributed by atoms with Crippen molar-refractivity contribution < 1.29 is 42.1 Å². The Balaban J connectivity index is 1.43. The van der Waals surface area contributed by atoms with E-state index in [2.05, 4.69) is 10.1 Å². The highest BCUT2D eigenvalue weighted by Gasteiger charge is 2.51. The fourth-order valence-corrected chi connectivity index (χ4v) is 4.65. The normalized spacial score (nSPS) is 18.2. The van der Waals surface area contributed by atoms with Gasteiger partial charge in [-0.2, -0.15) is 0 Å². The number of likely N-dealkylation sites (N-methyl/N-ethyl adjacent to an activating group) is 1. The average Bonchev–Trinajstić information content (AvgIpc) is 3.65. The Morgan fingerprint density at radius 3 is 2.22 bits per heavy atom. The Bertz CT molecular complexity index is 1110. The molecule has 8 nitrogen and oxygen atoms in total. The molecule has 0 spiro atoms. The lowest BCUT2D eigenvalue weighted by Crippen LogP contribution is -2.62. The van der Waals surface area contributed by atoms with E-state index in [9.17, 15) is 22.8 Å². The number of carboxylic acid groups (broad SMARTS) is 1. The van der Waals surface area contributed by atoms with Gasteiger partial charge in [0, 0.05) is 19.8 Å². The van der Waals surface area contributed by atoms with Crippen LogP contribution < -0.4 is 14.8 Å². The predicted octanol–water partition coefficient (Wildman–Crippen LogP) is 3.95. The Labute approximate surface area is 212 Å². The molecule has 1 amide bonds. The summed E-state index contributed by atoms with van der Waals surface area (Å²) in [6.07, 6.45) is -2.48. The molecule has 0 radical (unpaired) electrons. The van der Waals surface area contributed by atoms with Gasteiger partial charge in [0.2, 0.25) is 5.91 Å². The van der Waals surface area contributed by atoms with Gasteiger partial charge < -0.3 is 24.6 Å². The lowest BCUT2D eigenvalue weighted by molar-refractivity contribution is -0.275. The van der Waals surface area contributed by atoms with Crippen molar-refractivity contribution in [1.82, 2.24) is 10.2 Å². The first-order valence-corrected chi connectivity index (χ1v) is 12.0. The lowest BCUT2D eigenvalue weighted by Gasteiger charge is -2.43. The van der Waals surface area contributed by atoms with Gasteiger partial charge in [-0.3, -0.25) is 9.69 Å². The number of alkyl halides is 3. The monoisotopic (exact) mass is 522 g/mol. The second-order valence-electron chi connectivity index (χ2n) is 9.33. The van der Waals surface area contributed by atoms with E-state index in [4.69, 9.17) is 14.6 Å². The van der Waals surface area contributed by atoms with E-state index < -0.39 is 29.2 Å². The summed E-state index contributed by atoms with van der Waals surface area (Å²) in [5.74, 6) is -1.65. The standard InChI is InChI=1S/C26H29F3N2O6/c1-31(14-17-36-20-4-2-3-5-21(20)37-26(27,28)29)25(12-15-35-16-13-25)23(34)30-24(10-11-24)19-8-6-18(7-9-19)22(32)33/h2-9H,10-17H2,1H3,(H,30,34)(H,32,33). The minimum absolute atomic E-state index is 0.0341. The predicted molar refractivity (Wildman–Crippen MR) is 126 cm³/mol. The van der Waals surface area contributed by atoms with Crippen molar-refractivity contribution in [2.75, 3.05) is 33.4 Å². The molecule has 0 bridgehead atoms. The van der Waals surface area contributed by atoms with Crippen molar-refractivity contribution in [2.45, 2.75) is 43.1 Å². The van der Waals surface area contributed by atoms with Gasteiger partial charge in [0.05, 0.1) is 11.1 Å². The molecule has 2 aromatic carbocycles. The average molecular weight is 523 g/mol. The molecule has 2 aliphatic rings. The SMILES string of the molecule is CN(CCOc1ccccc1OC(F)(F)F)C1(C(=O)NC2(c3ccc(C(=O)O)cc3)CC2)CCOCC1. The molecular weight excluding hydrogens is 493 g/mol. The highest BCUT2D eigenvalue weighted by Crippen LogP contribution is 2.46. The van der Waals surface area contributed by atoms with Gasteiger partial charge in [-0.1, -0.05) is 24.3 Å². The lowest BCUT2D eigenvalue weighted by atomic mass is 9.86. The van der Waals surface area contributed by atoms with E-state index in [1.807, 2.05) is 4.90 Å². The van der Waals surface area contributed by atoms with Gasteiger partial charge >= 0.3 is 12.3 Å². The number of ether oxygens (including phenoxy) is 3. The third kappa shape index (κ3) is 6.16. The van der Waals surface area contributed by atoms with Crippen LogP contribution in [-0.2, 0) is 15.1 Å². The van der Waals surface area contributed by atoms with Crippen molar-refractivity contribution in [2.24, 2.45) is 0 Å². The fraction of sp³-hybridized carbons (Fsp3) is 0.462. The maximum atomic E-state index is 13.7. The zero-order valence-corrected chi connectivity index (χ0v) is 20.3. The van der Waals surface area contributed by atoms with E-state index in [1.165, 1.54) is 30.3 Å². The Morgan fingerprint density at radius 1 is 1.03 bits per heavy atom. The van der Waals surface area contributed by atoms with E-state index >= 15 is 0 Å². The van der Waals surface area contributed by atoms with Crippen molar-refractivity contribution in [3.63, 3.8) is 0 Å². The number of hydrogen-bond donors (Lipinski definition) is 2. The molecule has 2 aromatic rings. The number of benzene rings is 2. The van der Waals surface area contributed by atoms with Crippen molar-refractivity contribution in [3.8, 4) is 11.5 Å². The summed E-state index contributed by atoms with van der Waals surface area (Å²) < 4.78 is 53.3. The summed E-state index contributed by atoms with van der Waals surface area (Å²) in [7, 11) is 1.79. The molecule has 0 atom stereocenters. The van der Waals surface area contributed by atoms with E-state index in [-0.39, 0.29) is 30.4 Å². The number of carbonyl (C=O) groups is 2. The first-order chi connectivity index (χ1) is 17.5. The number of nitrogens with zero attached hydrogens (tertiary/aromatic N) is 1. The smallest absolute Gasteiger partial charge is 0.488 e. The number of rotatable bonds is 10. The maximum absolute atomic E-state index is 13.7. The third-order valence-electron chi connectivity index (χ3n) is 7.02. The molecule has 1 aliphatic carbocycles. The molecule has 0 unspecified atom stereocenters. The van der Waals surface area contributed by atoms with Crippen molar-refractivity contribution in [3.05, 3.63) is 59.7 Å². The second kappa shape index (κ2) is 10.6. The summed E-state index contributed by atoms with van der Waals surface area (Å²) in [6.45, 7) is 1.09. The van der Waals surface area contributed by atoms with Gasteiger partial charge in [0.25, 0.3) is 0 Å². The topological polar surface area (TPSA) is 97.3 Å². The number of nitrogens with one attached hydrogen (secondary N) is 1. The van der Waals surface area contributed by atoms with Gasteiger partial charge in [-0.15, -0.1) is 13.2 Å². The zero-order valence-electron chi connectivity index (χ0n) is 20.3. The van der Waals surface area contributed by atoms with Crippen molar-refractivity contribution in [1.29, 1.82) is 0 Å².